The van der Waals surface area contributed by atoms with E-state index in [0.717, 1.165) is 11.3 Å². The van der Waals surface area contributed by atoms with E-state index >= 15 is 0 Å². The molecule has 2 rings (SSSR count). The Bertz CT molecular complexity index is 728. The van der Waals surface area contributed by atoms with E-state index in [1.165, 1.54) is 12.1 Å². The Hall–Kier alpha value is -2.24. The second-order valence-corrected chi connectivity index (χ2v) is 5.93. The van der Waals surface area contributed by atoms with Gasteiger partial charge in [0, 0.05) is 19.2 Å². The molecule has 0 saturated heterocycles. The highest BCUT2D eigenvalue weighted by molar-refractivity contribution is 6.39. The molecule has 3 N–H and O–H groups in total. The Kier molecular flexibility index (Phi) is 6.06. The number of carboxylic acids is 1. The molecule has 0 aliphatic heterocycles. The molecule has 0 heterocycles. The Morgan fingerprint density at radius 1 is 1.08 bits per heavy atom. The average molecular weight is 367 g/mol. The lowest BCUT2D eigenvalue weighted by Crippen LogP contribution is -2.42. The monoisotopic (exact) mass is 366 g/mol. The molecule has 126 valence electrons. The fraction of sp³-hybridized carbons (Fsp3) is 0.176. The van der Waals surface area contributed by atoms with Gasteiger partial charge in [0.15, 0.2) is 0 Å². The van der Waals surface area contributed by atoms with Crippen LogP contribution in [0, 0.1) is 0 Å². The molecule has 0 bridgehead atoms. The predicted octanol–water partition coefficient (Wildman–Crippen LogP) is 3.46. The molecule has 1 amide bonds. The van der Waals surface area contributed by atoms with Crippen LogP contribution in [0.3, 0.4) is 0 Å². The van der Waals surface area contributed by atoms with Gasteiger partial charge in [-0.1, -0.05) is 41.4 Å². The number of anilines is 1. The van der Waals surface area contributed by atoms with Gasteiger partial charge in [-0.2, -0.15) is 0 Å². The van der Waals surface area contributed by atoms with Crippen LogP contribution < -0.4 is 10.6 Å². The van der Waals surface area contributed by atoms with E-state index in [1.807, 2.05) is 12.1 Å². The number of halogens is 2. The molecule has 0 spiro atoms. The lowest BCUT2D eigenvalue weighted by Gasteiger charge is -2.16. The number of carbonyl (C=O) groups excluding carboxylic acids is 1. The van der Waals surface area contributed by atoms with Crippen LogP contribution in [0.1, 0.15) is 15.9 Å². The van der Waals surface area contributed by atoms with Gasteiger partial charge in [-0.3, -0.25) is 4.79 Å². The maximum atomic E-state index is 12.3. The summed E-state index contributed by atoms with van der Waals surface area (Å²) in [5, 5.41) is 15.2. The van der Waals surface area contributed by atoms with Crippen LogP contribution in [0.2, 0.25) is 10.0 Å². The van der Waals surface area contributed by atoms with Crippen LogP contribution in [-0.4, -0.2) is 30.1 Å². The summed E-state index contributed by atoms with van der Waals surface area (Å²) in [6, 6.07) is 10.8. The van der Waals surface area contributed by atoms with Gasteiger partial charge in [0.2, 0.25) is 0 Å². The smallest absolute Gasteiger partial charge is 0.326 e. The fourth-order valence-electron chi connectivity index (χ4n) is 2.19. The van der Waals surface area contributed by atoms with Crippen LogP contribution in [0.15, 0.2) is 42.5 Å². The summed E-state index contributed by atoms with van der Waals surface area (Å²) >= 11 is 12.0. The molecule has 0 aromatic heterocycles. The molecule has 5 nitrogen and oxygen atoms in total. The van der Waals surface area contributed by atoms with Gasteiger partial charge in [0.25, 0.3) is 5.91 Å². The zero-order valence-corrected chi connectivity index (χ0v) is 14.4. The van der Waals surface area contributed by atoms with E-state index in [-0.39, 0.29) is 22.0 Å². The molecule has 2 aromatic carbocycles. The first-order chi connectivity index (χ1) is 11.4. The van der Waals surface area contributed by atoms with Crippen molar-refractivity contribution in [3.05, 3.63) is 63.6 Å². The quantitative estimate of drug-likeness (QED) is 0.731. The van der Waals surface area contributed by atoms with Crippen molar-refractivity contribution >= 4 is 40.8 Å². The molecule has 0 aliphatic carbocycles. The third kappa shape index (κ3) is 4.40. The number of hydrogen-bond donors (Lipinski definition) is 3. The van der Waals surface area contributed by atoms with Gasteiger partial charge in [-0.15, -0.1) is 0 Å². The van der Waals surface area contributed by atoms with Crippen molar-refractivity contribution in [2.24, 2.45) is 0 Å². The molecular formula is C17H16Cl2N2O3. The highest BCUT2D eigenvalue weighted by Crippen LogP contribution is 2.24. The first-order valence-electron chi connectivity index (χ1n) is 7.16. The molecule has 0 saturated carbocycles. The van der Waals surface area contributed by atoms with E-state index in [9.17, 15) is 14.7 Å². The molecular weight excluding hydrogens is 351 g/mol. The van der Waals surface area contributed by atoms with E-state index in [1.54, 1.807) is 25.2 Å². The largest absolute Gasteiger partial charge is 0.480 e. The topological polar surface area (TPSA) is 78.4 Å². The van der Waals surface area contributed by atoms with Crippen LogP contribution in [0.5, 0.6) is 0 Å². The zero-order chi connectivity index (χ0) is 17.7. The summed E-state index contributed by atoms with van der Waals surface area (Å²) in [6.07, 6.45) is 0.146. The molecule has 0 aliphatic rings. The number of carbonyl (C=O) groups is 2. The standard InChI is InChI=1S/C17H16Cl2N2O3/c1-20-11-7-5-10(6-8-11)9-14(17(23)24)21-16(22)15-12(18)3-2-4-13(15)19/h2-8,14,20H,9H2,1H3,(H,21,22)(H,23,24)/t14-/m0/s1. The van der Waals surface area contributed by atoms with Gasteiger partial charge < -0.3 is 15.7 Å². The minimum atomic E-state index is -1.13. The number of hydrogen-bond acceptors (Lipinski definition) is 3. The van der Waals surface area contributed by atoms with E-state index in [2.05, 4.69) is 10.6 Å². The fourth-order valence-corrected chi connectivity index (χ4v) is 2.76. The SMILES string of the molecule is CNc1ccc(C[C@H](NC(=O)c2c(Cl)cccc2Cl)C(=O)O)cc1. The molecule has 24 heavy (non-hydrogen) atoms. The average Bonchev–Trinajstić information content (AvgIpc) is 2.54. The Morgan fingerprint density at radius 3 is 2.17 bits per heavy atom. The van der Waals surface area contributed by atoms with E-state index < -0.39 is 17.9 Å². The number of nitrogens with one attached hydrogen (secondary N) is 2. The number of rotatable bonds is 6. The lowest BCUT2D eigenvalue weighted by molar-refractivity contribution is -0.139. The van der Waals surface area contributed by atoms with Crippen molar-refractivity contribution in [2.75, 3.05) is 12.4 Å². The summed E-state index contributed by atoms with van der Waals surface area (Å²) in [4.78, 5) is 23.8. The Morgan fingerprint density at radius 2 is 1.67 bits per heavy atom. The van der Waals surface area contributed by atoms with Crippen molar-refractivity contribution in [3.8, 4) is 0 Å². The summed E-state index contributed by atoms with van der Waals surface area (Å²) in [7, 11) is 1.79. The summed E-state index contributed by atoms with van der Waals surface area (Å²) in [5.41, 5.74) is 1.77. The first-order valence-corrected chi connectivity index (χ1v) is 7.92. The van der Waals surface area contributed by atoms with Gasteiger partial charge in [0.05, 0.1) is 15.6 Å². The second-order valence-electron chi connectivity index (χ2n) is 5.11. The van der Waals surface area contributed by atoms with Gasteiger partial charge in [-0.05, 0) is 29.8 Å². The number of benzene rings is 2. The maximum absolute atomic E-state index is 12.3. The van der Waals surface area contributed by atoms with Gasteiger partial charge >= 0.3 is 5.97 Å². The third-order valence-corrected chi connectivity index (χ3v) is 4.11. The van der Waals surface area contributed by atoms with Crippen LogP contribution in [-0.2, 0) is 11.2 Å². The van der Waals surface area contributed by atoms with Gasteiger partial charge in [0.1, 0.15) is 6.04 Å². The first kappa shape index (κ1) is 18.1. The lowest BCUT2D eigenvalue weighted by atomic mass is 10.0. The molecule has 0 radical (unpaired) electrons. The van der Waals surface area contributed by atoms with Gasteiger partial charge in [-0.25, -0.2) is 4.79 Å². The van der Waals surface area contributed by atoms with Crippen molar-refractivity contribution in [1.82, 2.24) is 5.32 Å². The van der Waals surface area contributed by atoms with Crippen molar-refractivity contribution in [2.45, 2.75) is 12.5 Å². The summed E-state index contributed by atoms with van der Waals surface area (Å²) in [6.45, 7) is 0. The minimum absolute atomic E-state index is 0.0672. The molecule has 1 atom stereocenters. The molecule has 7 heteroatoms. The van der Waals surface area contributed by atoms with E-state index in [4.69, 9.17) is 23.2 Å². The highest BCUT2D eigenvalue weighted by Gasteiger charge is 2.23. The molecule has 0 fully saturated rings. The Balaban J connectivity index is 2.16. The normalized spacial score (nSPS) is 11.6. The van der Waals surface area contributed by atoms with Crippen LogP contribution in [0.4, 0.5) is 5.69 Å². The molecule has 0 unspecified atom stereocenters. The highest BCUT2D eigenvalue weighted by atomic mass is 35.5. The number of aliphatic carboxylic acids is 1. The minimum Gasteiger partial charge on any atom is -0.480 e. The van der Waals surface area contributed by atoms with Crippen LogP contribution >= 0.6 is 23.2 Å². The third-order valence-electron chi connectivity index (χ3n) is 3.48. The van der Waals surface area contributed by atoms with Crippen molar-refractivity contribution in [1.29, 1.82) is 0 Å². The zero-order valence-electron chi connectivity index (χ0n) is 12.8. The number of amides is 1. The van der Waals surface area contributed by atoms with E-state index in [0.29, 0.717) is 0 Å². The summed E-state index contributed by atoms with van der Waals surface area (Å²) < 4.78 is 0. The number of carboxylic acid groups (broad SMARTS) is 1. The maximum Gasteiger partial charge on any atom is 0.326 e. The predicted molar refractivity (Wildman–Crippen MR) is 95.0 cm³/mol. The Labute approximate surface area is 149 Å². The van der Waals surface area contributed by atoms with Crippen LogP contribution in [0.25, 0.3) is 0 Å². The second kappa shape index (κ2) is 8.04. The summed E-state index contributed by atoms with van der Waals surface area (Å²) in [5.74, 6) is -1.76. The molecule has 2 aromatic rings. The van der Waals surface area contributed by atoms with Crippen molar-refractivity contribution < 1.29 is 14.7 Å². The van der Waals surface area contributed by atoms with Crippen molar-refractivity contribution in [3.63, 3.8) is 0 Å².